The third kappa shape index (κ3) is 3.13. The summed E-state index contributed by atoms with van der Waals surface area (Å²) >= 11 is 7.50. The van der Waals surface area contributed by atoms with Crippen LogP contribution in [0.15, 0.2) is 70.4 Å². The lowest BCUT2D eigenvalue weighted by Crippen LogP contribution is -1.89. The standard InChI is InChI=1S/C18H12ClN3OS/c19-14-7-5-12(6-8-14)17-21-15(10-23-17)11-24-18-16-4-2-1-3-13(16)9-20-22-18/h1-10H,11H2. The van der Waals surface area contributed by atoms with Crippen molar-refractivity contribution in [1.82, 2.24) is 15.2 Å². The molecule has 2 aromatic carbocycles. The molecule has 4 nitrogen and oxygen atoms in total. The van der Waals surface area contributed by atoms with E-state index in [0.717, 1.165) is 27.1 Å². The Balaban J connectivity index is 1.53. The number of halogens is 1. The van der Waals surface area contributed by atoms with Crippen molar-refractivity contribution in [2.75, 3.05) is 0 Å². The van der Waals surface area contributed by atoms with Gasteiger partial charge in [-0.15, -0.1) is 5.10 Å². The summed E-state index contributed by atoms with van der Waals surface area (Å²) in [5.41, 5.74) is 1.76. The lowest BCUT2D eigenvalue weighted by atomic mass is 10.2. The Bertz CT molecular complexity index is 980. The quantitative estimate of drug-likeness (QED) is 0.470. The highest BCUT2D eigenvalue weighted by Gasteiger charge is 2.09. The zero-order valence-electron chi connectivity index (χ0n) is 12.5. The van der Waals surface area contributed by atoms with Crippen LogP contribution in [-0.2, 0) is 5.75 Å². The van der Waals surface area contributed by atoms with Crippen LogP contribution in [0.1, 0.15) is 5.69 Å². The zero-order valence-corrected chi connectivity index (χ0v) is 14.1. The first-order chi connectivity index (χ1) is 11.8. The maximum atomic E-state index is 5.90. The summed E-state index contributed by atoms with van der Waals surface area (Å²) in [5, 5.41) is 12.1. The average Bonchev–Trinajstić information content (AvgIpc) is 3.09. The van der Waals surface area contributed by atoms with Gasteiger partial charge in [-0.1, -0.05) is 47.6 Å². The molecule has 2 heterocycles. The molecule has 4 aromatic rings. The van der Waals surface area contributed by atoms with Crippen molar-refractivity contribution in [2.45, 2.75) is 10.8 Å². The molecule has 0 atom stereocenters. The van der Waals surface area contributed by atoms with Crippen LogP contribution in [0.5, 0.6) is 0 Å². The Morgan fingerprint density at radius 2 is 1.88 bits per heavy atom. The second-order valence-electron chi connectivity index (χ2n) is 5.18. The van der Waals surface area contributed by atoms with E-state index in [1.54, 1.807) is 24.2 Å². The molecule has 0 spiro atoms. The fourth-order valence-corrected chi connectivity index (χ4v) is 3.34. The first-order valence-electron chi connectivity index (χ1n) is 7.33. The van der Waals surface area contributed by atoms with Gasteiger partial charge in [0.15, 0.2) is 0 Å². The molecule has 0 unspecified atom stereocenters. The minimum Gasteiger partial charge on any atom is -0.444 e. The van der Waals surface area contributed by atoms with Crippen LogP contribution in [0.25, 0.3) is 22.2 Å². The largest absolute Gasteiger partial charge is 0.444 e. The molecule has 2 aromatic heterocycles. The summed E-state index contributed by atoms with van der Waals surface area (Å²) < 4.78 is 5.56. The number of aromatic nitrogens is 3. The number of benzene rings is 2. The topological polar surface area (TPSA) is 51.8 Å². The minimum absolute atomic E-state index is 0.589. The molecule has 0 aliphatic heterocycles. The van der Waals surface area contributed by atoms with E-state index in [1.165, 1.54) is 0 Å². The SMILES string of the molecule is Clc1ccc(-c2nc(CSc3nncc4ccccc34)co2)cc1. The van der Waals surface area contributed by atoms with Crippen molar-refractivity contribution in [3.8, 4) is 11.5 Å². The lowest BCUT2D eigenvalue weighted by molar-refractivity contribution is 0.573. The van der Waals surface area contributed by atoms with Crippen LogP contribution in [0, 0.1) is 0 Å². The molecular weight excluding hydrogens is 342 g/mol. The van der Waals surface area contributed by atoms with E-state index in [4.69, 9.17) is 16.0 Å². The van der Waals surface area contributed by atoms with Gasteiger partial charge < -0.3 is 4.42 Å². The summed E-state index contributed by atoms with van der Waals surface area (Å²) in [4.78, 5) is 4.53. The molecule has 0 amide bonds. The third-order valence-corrected chi connectivity index (χ3v) is 4.80. The number of hydrogen-bond donors (Lipinski definition) is 0. The van der Waals surface area contributed by atoms with Gasteiger partial charge in [0, 0.05) is 27.1 Å². The fraction of sp³-hybridized carbons (Fsp3) is 0.0556. The molecule has 0 aliphatic rings. The van der Waals surface area contributed by atoms with E-state index in [9.17, 15) is 0 Å². The zero-order chi connectivity index (χ0) is 16.4. The molecule has 24 heavy (non-hydrogen) atoms. The van der Waals surface area contributed by atoms with Crippen LogP contribution >= 0.6 is 23.4 Å². The molecule has 0 bridgehead atoms. The van der Waals surface area contributed by atoms with Gasteiger partial charge in [-0.3, -0.25) is 0 Å². The van der Waals surface area contributed by atoms with Gasteiger partial charge in [0.2, 0.25) is 5.89 Å². The van der Waals surface area contributed by atoms with Crippen molar-refractivity contribution in [2.24, 2.45) is 0 Å². The second-order valence-corrected chi connectivity index (χ2v) is 6.58. The van der Waals surface area contributed by atoms with Crippen LogP contribution in [0.3, 0.4) is 0 Å². The molecule has 0 saturated heterocycles. The molecule has 0 aliphatic carbocycles. The Hall–Kier alpha value is -2.37. The van der Waals surface area contributed by atoms with Crippen molar-refractivity contribution >= 4 is 34.1 Å². The van der Waals surface area contributed by atoms with Crippen LogP contribution in [-0.4, -0.2) is 15.2 Å². The predicted octanol–water partition coefficient (Wildman–Crippen LogP) is 5.23. The van der Waals surface area contributed by atoms with Crippen molar-refractivity contribution in [1.29, 1.82) is 0 Å². The van der Waals surface area contributed by atoms with E-state index >= 15 is 0 Å². The molecule has 0 saturated carbocycles. The summed E-state index contributed by atoms with van der Waals surface area (Å²) in [6.07, 6.45) is 3.45. The highest BCUT2D eigenvalue weighted by atomic mass is 35.5. The van der Waals surface area contributed by atoms with Gasteiger partial charge in [0.1, 0.15) is 11.3 Å². The molecule has 118 valence electrons. The first kappa shape index (κ1) is 15.2. The normalized spacial score (nSPS) is 11.0. The Labute approximate surface area is 147 Å². The Morgan fingerprint density at radius 1 is 1.04 bits per heavy atom. The molecule has 6 heteroatoms. The highest BCUT2D eigenvalue weighted by Crippen LogP contribution is 2.28. The average molecular weight is 354 g/mol. The maximum absolute atomic E-state index is 5.90. The number of thioether (sulfide) groups is 1. The summed E-state index contributed by atoms with van der Waals surface area (Å²) in [5.74, 6) is 1.26. The number of hydrogen-bond acceptors (Lipinski definition) is 5. The van der Waals surface area contributed by atoms with Gasteiger partial charge in [0.05, 0.1) is 11.9 Å². The smallest absolute Gasteiger partial charge is 0.226 e. The van der Waals surface area contributed by atoms with Crippen molar-refractivity contribution < 1.29 is 4.42 Å². The van der Waals surface area contributed by atoms with Crippen LogP contribution < -0.4 is 0 Å². The van der Waals surface area contributed by atoms with Crippen LogP contribution in [0.2, 0.25) is 5.02 Å². The number of oxazole rings is 1. The maximum Gasteiger partial charge on any atom is 0.226 e. The second kappa shape index (κ2) is 6.63. The molecule has 0 radical (unpaired) electrons. The summed E-state index contributed by atoms with van der Waals surface area (Å²) in [6.45, 7) is 0. The van der Waals surface area contributed by atoms with Crippen LogP contribution in [0.4, 0.5) is 0 Å². The predicted molar refractivity (Wildman–Crippen MR) is 96.0 cm³/mol. The first-order valence-corrected chi connectivity index (χ1v) is 8.69. The monoisotopic (exact) mass is 353 g/mol. The molecule has 0 fully saturated rings. The van der Waals surface area contributed by atoms with Gasteiger partial charge in [-0.05, 0) is 24.3 Å². The van der Waals surface area contributed by atoms with Gasteiger partial charge in [0.25, 0.3) is 0 Å². The number of fused-ring (bicyclic) bond motifs is 1. The van der Waals surface area contributed by atoms with E-state index in [-0.39, 0.29) is 0 Å². The number of nitrogens with zero attached hydrogens (tertiary/aromatic N) is 3. The van der Waals surface area contributed by atoms with E-state index in [1.807, 2.05) is 48.5 Å². The fourth-order valence-electron chi connectivity index (χ4n) is 2.35. The van der Waals surface area contributed by atoms with Gasteiger partial charge in [-0.2, -0.15) is 5.10 Å². The number of rotatable bonds is 4. The molecule has 0 N–H and O–H groups in total. The van der Waals surface area contributed by atoms with Gasteiger partial charge >= 0.3 is 0 Å². The Kier molecular flexibility index (Phi) is 4.19. The van der Waals surface area contributed by atoms with E-state index < -0.39 is 0 Å². The summed E-state index contributed by atoms with van der Waals surface area (Å²) in [6, 6.07) is 15.5. The van der Waals surface area contributed by atoms with E-state index in [2.05, 4.69) is 15.2 Å². The summed E-state index contributed by atoms with van der Waals surface area (Å²) in [7, 11) is 0. The van der Waals surface area contributed by atoms with E-state index in [0.29, 0.717) is 16.7 Å². The molecular formula is C18H12ClN3OS. The minimum atomic E-state index is 0.589. The lowest BCUT2D eigenvalue weighted by Gasteiger charge is -2.02. The van der Waals surface area contributed by atoms with Crippen molar-refractivity contribution in [3.05, 3.63) is 71.7 Å². The molecule has 4 rings (SSSR count). The van der Waals surface area contributed by atoms with Crippen molar-refractivity contribution in [3.63, 3.8) is 0 Å². The Morgan fingerprint density at radius 3 is 2.75 bits per heavy atom. The van der Waals surface area contributed by atoms with Gasteiger partial charge in [-0.25, -0.2) is 4.98 Å². The highest BCUT2D eigenvalue weighted by molar-refractivity contribution is 7.98. The third-order valence-electron chi connectivity index (χ3n) is 3.54.